The molecule has 0 saturated heterocycles. The number of hydrogen-bond acceptors (Lipinski definition) is 5. The quantitative estimate of drug-likeness (QED) is 0.799. The molecule has 0 bridgehead atoms. The number of aryl methyl sites for hydroxylation is 2. The fourth-order valence-electron chi connectivity index (χ4n) is 2.39. The van der Waals surface area contributed by atoms with Crippen molar-refractivity contribution in [3.8, 4) is 0 Å². The fraction of sp³-hybridized carbons (Fsp3) is 0.526. The van der Waals surface area contributed by atoms with Gasteiger partial charge in [-0.1, -0.05) is 17.2 Å². The molecular formula is C19H27NO5. The number of esters is 2. The van der Waals surface area contributed by atoms with Gasteiger partial charge >= 0.3 is 11.9 Å². The van der Waals surface area contributed by atoms with Crippen molar-refractivity contribution in [3.63, 3.8) is 0 Å². The third kappa shape index (κ3) is 7.37. The van der Waals surface area contributed by atoms with Crippen molar-refractivity contribution in [3.05, 3.63) is 34.9 Å². The van der Waals surface area contributed by atoms with Gasteiger partial charge in [-0.25, -0.2) is 4.79 Å². The van der Waals surface area contributed by atoms with Gasteiger partial charge in [0.2, 0.25) is 0 Å². The summed E-state index contributed by atoms with van der Waals surface area (Å²) in [6.07, 6.45) is 0.113. The Morgan fingerprint density at radius 2 is 1.64 bits per heavy atom. The molecule has 0 unspecified atom stereocenters. The predicted molar refractivity (Wildman–Crippen MR) is 94.3 cm³/mol. The Morgan fingerprint density at radius 3 is 2.12 bits per heavy atom. The molecular weight excluding hydrogens is 322 g/mol. The van der Waals surface area contributed by atoms with E-state index in [4.69, 9.17) is 9.47 Å². The normalized spacial score (nSPS) is 12.2. The van der Waals surface area contributed by atoms with E-state index in [2.05, 4.69) is 5.32 Å². The van der Waals surface area contributed by atoms with E-state index in [-0.39, 0.29) is 18.7 Å². The van der Waals surface area contributed by atoms with Crippen molar-refractivity contribution in [2.75, 3.05) is 7.11 Å². The first-order valence-electron chi connectivity index (χ1n) is 8.20. The van der Waals surface area contributed by atoms with Crippen LogP contribution >= 0.6 is 0 Å². The Hall–Kier alpha value is -2.37. The highest BCUT2D eigenvalue weighted by atomic mass is 16.6. The van der Waals surface area contributed by atoms with Crippen LogP contribution in [0.1, 0.15) is 55.1 Å². The third-order valence-electron chi connectivity index (χ3n) is 3.33. The summed E-state index contributed by atoms with van der Waals surface area (Å²) in [6.45, 7) is 9.09. The maximum absolute atomic E-state index is 12.4. The molecule has 1 N–H and O–H groups in total. The first-order valence-corrected chi connectivity index (χ1v) is 8.20. The van der Waals surface area contributed by atoms with Gasteiger partial charge in [0.15, 0.2) is 0 Å². The Labute approximate surface area is 148 Å². The van der Waals surface area contributed by atoms with Crippen molar-refractivity contribution in [1.82, 2.24) is 5.32 Å². The number of rotatable bonds is 6. The standard InChI is InChI=1S/C19H27NO5/c1-12-9-13(2)11-14(10-12)17(22)20-15(18(23)24-6)7-8-16(21)25-19(3,4)5/h9-11,15H,7-8H2,1-6H3,(H,20,22)/t15-/m1/s1. The minimum Gasteiger partial charge on any atom is -0.467 e. The number of methoxy groups -OCH3 is 1. The Morgan fingerprint density at radius 1 is 1.08 bits per heavy atom. The average Bonchev–Trinajstić information content (AvgIpc) is 2.47. The Bertz CT molecular complexity index is 625. The van der Waals surface area contributed by atoms with Gasteiger partial charge < -0.3 is 14.8 Å². The number of nitrogens with one attached hydrogen (secondary N) is 1. The number of carbonyl (C=O) groups is 3. The average molecular weight is 349 g/mol. The second kappa shape index (κ2) is 8.65. The Kier molecular flexibility index (Phi) is 7.15. The molecule has 0 aliphatic carbocycles. The molecule has 0 heterocycles. The van der Waals surface area contributed by atoms with E-state index in [1.807, 2.05) is 19.9 Å². The monoisotopic (exact) mass is 349 g/mol. The van der Waals surface area contributed by atoms with Crippen molar-refractivity contribution in [2.24, 2.45) is 0 Å². The summed E-state index contributed by atoms with van der Waals surface area (Å²) < 4.78 is 9.94. The first-order chi connectivity index (χ1) is 11.5. The topological polar surface area (TPSA) is 81.7 Å². The lowest BCUT2D eigenvalue weighted by Crippen LogP contribution is -2.42. The van der Waals surface area contributed by atoms with Crippen LogP contribution in [0.2, 0.25) is 0 Å². The minimum atomic E-state index is -0.911. The van der Waals surface area contributed by atoms with Crippen LogP contribution in [-0.2, 0) is 19.1 Å². The molecule has 1 aromatic carbocycles. The summed E-state index contributed by atoms with van der Waals surface area (Å²) in [5.41, 5.74) is 1.77. The molecule has 0 aliphatic rings. The van der Waals surface area contributed by atoms with E-state index in [0.29, 0.717) is 5.56 Å². The van der Waals surface area contributed by atoms with Gasteiger partial charge in [0.05, 0.1) is 7.11 Å². The lowest BCUT2D eigenvalue weighted by Gasteiger charge is -2.21. The van der Waals surface area contributed by atoms with E-state index < -0.39 is 23.6 Å². The predicted octanol–water partition coefficient (Wildman–Crippen LogP) is 2.70. The molecule has 1 rings (SSSR count). The largest absolute Gasteiger partial charge is 0.467 e. The smallest absolute Gasteiger partial charge is 0.328 e. The lowest BCUT2D eigenvalue weighted by atomic mass is 10.1. The van der Waals surface area contributed by atoms with E-state index in [9.17, 15) is 14.4 Å². The summed E-state index contributed by atoms with van der Waals surface area (Å²) in [6, 6.07) is 4.53. The first kappa shape index (κ1) is 20.7. The van der Waals surface area contributed by atoms with E-state index in [1.165, 1.54) is 7.11 Å². The summed E-state index contributed by atoms with van der Waals surface area (Å²) >= 11 is 0. The molecule has 0 fully saturated rings. The SMILES string of the molecule is COC(=O)[C@@H](CCC(=O)OC(C)(C)C)NC(=O)c1cc(C)cc(C)c1. The van der Waals surface area contributed by atoms with Gasteiger partial charge in [0, 0.05) is 12.0 Å². The van der Waals surface area contributed by atoms with Crippen LogP contribution in [0.3, 0.4) is 0 Å². The maximum Gasteiger partial charge on any atom is 0.328 e. The van der Waals surface area contributed by atoms with Gasteiger partial charge in [-0.05, 0) is 53.2 Å². The second-order valence-electron chi connectivity index (χ2n) is 7.05. The summed E-state index contributed by atoms with van der Waals surface area (Å²) in [5.74, 6) is -1.41. The Balaban J connectivity index is 2.77. The van der Waals surface area contributed by atoms with Gasteiger partial charge in [-0.15, -0.1) is 0 Å². The van der Waals surface area contributed by atoms with Gasteiger partial charge in [-0.2, -0.15) is 0 Å². The second-order valence-corrected chi connectivity index (χ2v) is 7.05. The van der Waals surface area contributed by atoms with E-state index in [0.717, 1.165) is 11.1 Å². The highest BCUT2D eigenvalue weighted by Crippen LogP contribution is 2.12. The third-order valence-corrected chi connectivity index (χ3v) is 3.33. The van der Waals surface area contributed by atoms with Crippen LogP contribution in [-0.4, -0.2) is 36.6 Å². The highest BCUT2D eigenvalue weighted by Gasteiger charge is 2.25. The minimum absolute atomic E-state index is 0.00413. The van der Waals surface area contributed by atoms with Gasteiger partial charge in [-0.3, -0.25) is 9.59 Å². The number of ether oxygens (including phenoxy) is 2. The molecule has 0 saturated carbocycles. The van der Waals surface area contributed by atoms with Crippen LogP contribution in [0.4, 0.5) is 0 Å². The number of amides is 1. The summed E-state index contributed by atoms with van der Waals surface area (Å²) in [4.78, 5) is 36.2. The van der Waals surface area contributed by atoms with Crippen LogP contribution in [0, 0.1) is 13.8 Å². The van der Waals surface area contributed by atoms with Crippen molar-refractivity contribution >= 4 is 17.8 Å². The molecule has 25 heavy (non-hydrogen) atoms. The van der Waals surface area contributed by atoms with Crippen LogP contribution in [0.25, 0.3) is 0 Å². The van der Waals surface area contributed by atoms with Crippen LogP contribution < -0.4 is 5.32 Å². The zero-order valence-electron chi connectivity index (χ0n) is 15.8. The number of benzene rings is 1. The lowest BCUT2D eigenvalue weighted by molar-refractivity contribution is -0.155. The molecule has 6 heteroatoms. The van der Waals surface area contributed by atoms with Gasteiger partial charge in [0.1, 0.15) is 11.6 Å². The molecule has 1 atom stereocenters. The zero-order valence-corrected chi connectivity index (χ0v) is 15.8. The molecule has 0 spiro atoms. The fourth-order valence-corrected chi connectivity index (χ4v) is 2.39. The van der Waals surface area contributed by atoms with Crippen LogP contribution in [0.5, 0.6) is 0 Å². The van der Waals surface area contributed by atoms with Crippen molar-refractivity contribution in [1.29, 1.82) is 0 Å². The highest BCUT2D eigenvalue weighted by molar-refractivity contribution is 5.97. The van der Waals surface area contributed by atoms with E-state index in [1.54, 1.807) is 32.9 Å². The number of hydrogen-bond donors (Lipinski definition) is 1. The summed E-state index contributed by atoms with van der Waals surface area (Å²) in [7, 11) is 1.24. The molecule has 6 nitrogen and oxygen atoms in total. The molecule has 1 amide bonds. The molecule has 1 aromatic rings. The summed E-state index contributed by atoms with van der Waals surface area (Å²) in [5, 5.41) is 2.64. The molecule has 138 valence electrons. The number of carbonyl (C=O) groups excluding carboxylic acids is 3. The molecule has 0 aromatic heterocycles. The molecule has 0 aliphatic heterocycles. The van der Waals surface area contributed by atoms with Crippen LogP contribution in [0.15, 0.2) is 18.2 Å². The maximum atomic E-state index is 12.4. The van der Waals surface area contributed by atoms with E-state index >= 15 is 0 Å². The zero-order chi connectivity index (χ0) is 19.2. The van der Waals surface area contributed by atoms with Crippen molar-refractivity contribution < 1.29 is 23.9 Å². The molecule has 0 radical (unpaired) electrons. The van der Waals surface area contributed by atoms with Crippen molar-refractivity contribution in [2.45, 2.75) is 59.1 Å². The van der Waals surface area contributed by atoms with Gasteiger partial charge in [0.25, 0.3) is 5.91 Å².